The molecular weight excluding hydrogens is 341 g/mol. The highest BCUT2D eigenvalue weighted by Gasteiger charge is 2.11. The second kappa shape index (κ2) is 6.85. The fourth-order valence-corrected chi connectivity index (χ4v) is 2.34. The molecule has 8 heteroatoms. The lowest BCUT2D eigenvalue weighted by Crippen LogP contribution is -2.08. The molecule has 0 atom stereocenters. The maximum absolute atomic E-state index is 12.0. The van der Waals surface area contributed by atoms with Crippen LogP contribution in [0.2, 0.25) is 10.0 Å². The molecule has 0 bridgehead atoms. The second-order valence-corrected chi connectivity index (χ2v) is 5.76. The summed E-state index contributed by atoms with van der Waals surface area (Å²) in [4.78, 5) is 16.2. The van der Waals surface area contributed by atoms with E-state index in [2.05, 4.69) is 4.99 Å². The number of nitro groups is 1. The van der Waals surface area contributed by atoms with E-state index in [1.165, 1.54) is 12.3 Å². The van der Waals surface area contributed by atoms with E-state index in [0.717, 1.165) is 11.8 Å². The van der Waals surface area contributed by atoms with Crippen LogP contribution in [-0.4, -0.2) is 25.2 Å². The topological polar surface area (TPSA) is 81.8 Å². The van der Waals surface area contributed by atoms with Crippen LogP contribution in [0.3, 0.4) is 0 Å². The number of benzene rings is 2. The minimum Gasteiger partial charge on any atom is -0.867 e. The summed E-state index contributed by atoms with van der Waals surface area (Å²) in [5.41, 5.74) is 0.769. The highest BCUT2D eigenvalue weighted by atomic mass is 35.5. The molecular formula is C15H12Cl2N3O3-. The molecule has 0 aliphatic heterocycles. The van der Waals surface area contributed by atoms with Crippen molar-refractivity contribution in [2.75, 3.05) is 19.0 Å². The van der Waals surface area contributed by atoms with E-state index in [4.69, 9.17) is 23.2 Å². The average Bonchev–Trinajstić information content (AvgIpc) is 2.47. The van der Waals surface area contributed by atoms with Crippen LogP contribution in [0, 0.1) is 10.1 Å². The van der Waals surface area contributed by atoms with Crippen LogP contribution >= 0.6 is 23.2 Å². The van der Waals surface area contributed by atoms with Gasteiger partial charge in [-0.1, -0.05) is 23.2 Å². The van der Waals surface area contributed by atoms with Crippen LogP contribution < -0.4 is 10.0 Å². The molecule has 0 spiro atoms. The third-order valence-electron chi connectivity index (χ3n) is 3.02. The van der Waals surface area contributed by atoms with E-state index in [1.807, 2.05) is 19.0 Å². The summed E-state index contributed by atoms with van der Waals surface area (Å²) in [5.74, 6) is -0.739. The minimum atomic E-state index is -0.768. The number of hydrogen-bond donors (Lipinski definition) is 0. The fraction of sp³-hybridized carbons (Fsp3) is 0.133. The van der Waals surface area contributed by atoms with Gasteiger partial charge in [-0.25, -0.2) is 0 Å². The Morgan fingerprint density at radius 1 is 1.17 bits per heavy atom. The molecule has 0 aliphatic rings. The van der Waals surface area contributed by atoms with Crippen molar-refractivity contribution >= 4 is 46.5 Å². The number of aliphatic imine (C=N–C) groups is 1. The first-order chi connectivity index (χ1) is 10.8. The van der Waals surface area contributed by atoms with Gasteiger partial charge in [-0.3, -0.25) is 15.1 Å². The van der Waals surface area contributed by atoms with Crippen LogP contribution in [0.25, 0.3) is 0 Å². The van der Waals surface area contributed by atoms with Crippen molar-refractivity contribution in [3.05, 3.63) is 56.1 Å². The van der Waals surface area contributed by atoms with Gasteiger partial charge in [-0.05, 0) is 35.6 Å². The Hall–Kier alpha value is -2.31. The van der Waals surface area contributed by atoms with Gasteiger partial charge in [0, 0.05) is 36.4 Å². The standard InChI is InChI=1S/C15H13Cl2N3O3/c1-19(2)13-4-3-10(16)6-12(13)18-8-9-5-11(17)7-14(15(9)21)20(22)23/h3-8,21H,1-2H3/p-1. The largest absolute Gasteiger partial charge is 0.867 e. The summed E-state index contributed by atoms with van der Waals surface area (Å²) in [6.45, 7) is 0. The van der Waals surface area contributed by atoms with Gasteiger partial charge in [0.15, 0.2) is 0 Å². The molecule has 2 rings (SSSR count). The van der Waals surface area contributed by atoms with E-state index < -0.39 is 16.4 Å². The lowest BCUT2D eigenvalue weighted by atomic mass is 10.2. The van der Waals surface area contributed by atoms with Gasteiger partial charge in [0.25, 0.3) is 5.69 Å². The van der Waals surface area contributed by atoms with Crippen LogP contribution in [-0.2, 0) is 0 Å². The Labute approximate surface area is 142 Å². The Bertz CT molecular complexity index is 792. The van der Waals surface area contributed by atoms with Crippen molar-refractivity contribution in [3.63, 3.8) is 0 Å². The Morgan fingerprint density at radius 2 is 1.87 bits per heavy atom. The predicted octanol–water partition coefficient (Wildman–Crippen LogP) is 3.79. The monoisotopic (exact) mass is 352 g/mol. The summed E-state index contributed by atoms with van der Waals surface area (Å²) < 4.78 is 0. The number of hydrogen-bond acceptors (Lipinski definition) is 5. The van der Waals surface area contributed by atoms with Gasteiger partial charge in [0.1, 0.15) is 0 Å². The lowest BCUT2D eigenvalue weighted by Gasteiger charge is -2.15. The molecule has 0 N–H and O–H groups in total. The van der Waals surface area contributed by atoms with Gasteiger partial charge in [-0.15, -0.1) is 0 Å². The van der Waals surface area contributed by atoms with Crippen molar-refractivity contribution in [2.24, 2.45) is 4.99 Å². The molecule has 2 aromatic carbocycles. The summed E-state index contributed by atoms with van der Waals surface area (Å²) in [5, 5.41) is 23.5. The van der Waals surface area contributed by atoms with Gasteiger partial charge in [-0.2, -0.15) is 0 Å². The van der Waals surface area contributed by atoms with Crippen LogP contribution in [0.4, 0.5) is 17.1 Å². The van der Waals surface area contributed by atoms with Gasteiger partial charge < -0.3 is 10.0 Å². The fourth-order valence-electron chi connectivity index (χ4n) is 1.95. The Morgan fingerprint density at radius 3 is 2.48 bits per heavy atom. The summed E-state index contributed by atoms with van der Waals surface area (Å²) in [7, 11) is 3.68. The average molecular weight is 353 g/mol. The molecule has 0 heterocycles. The quantitative estimate of drug-likeness (QED) is 0.476. The third-order valence-corrected chi connectivity index (χ3v) is 3.47. The normalized spacial score (nSPS) is 11.0. The minimum absolute atomic E-state index is 0.0360. The Balaban J connectivity index is 2.49. The first-order valence-corrected chi connectivity index (χ1v) is 7.21. The molecule has 0 saturated heterocycles. The number of nitrogens with zero attached hydrogens (tertiary/aromatic N) is 3. The number of rotatable bonds is 4. The van der Waals surface area contributed by atoms with Crippen molar-refractivity contribution in [1.82, 2.24) is 0 Å². The zero-order valence-corrected chi connectivity index (χ0v) is 13.8. The van der Waals surface area contributed by atoms with Gasteiger partial charge >= 0.3 is 0 Å². The van der Waals surface area contributed by atoms with Crippen molar-refractivity contribution in [1.29, 1.82) is 0 Å². The predicted molar refractivity (Wildman–Crippen MR) is 90.6 cm³/mol. The lowest BCUT2D eigenvalue weighted by molar-refractivity contribution is -0.398. The molecule has 0 saturated carbocycles. The molecule has 23 heavy (non-hydrogen) atoms. The Kier molecular flexibility index (Phi) is 5.08. The molecule has 0 unspecified atom stereocenters. The zero-order valence-electron chi connectivity index (χ0n) is 12.3. The van der Waals surface area contributed by atoms with E-state index in [-0.39, 0.29) is 10.6 Å². The number of anilines is 1. The van der Waals surface area contributed by atoms with Crippen LogP contribution in [0.15, 0.2) is 35.3 Å². The summed E-state index contributed by atoms with van der Waals surface area (Å²) in [6, 6.07) is 7.50. The second-order valence-electron chi connectivity index (χ2n) is 4.89. The highest BCUT2D eigenvalue weighted by molar-refractivity contribution is 6.31. The first-order valence-electron chi connectivity index (χ1n) is 6.45. The molecule has 2 aromatic rings. The molecule has 0 aromatic heterocycles. The molecule has 120 valence electrons. The molecule has 0 aliphatic carbocycles. The maximum atomic E-state index is 12.0. The van der Waals surface area contributed by atoms with Crippen molar-refractivity contribution < 1.29 is 10.0 Å². The summed E-state index contributed by atoms with van der Waals surface area (Å²) >= 11 is 11.8. The molecule has 0 radical (unpaired) electrons. The number of nitro benzene ring substituents is 1. The van der Waals surface area contributed by atoms with Crippen molar-refractivity contribution in [3.8, 4) is 5.75 Å². The van der Waals surface area contributed by atoms with E-state index in [1.54, 1.807) is 18.2 Å². The molecule has 0 fully saturated rings. The van der Waals surface area contributed by atoms with E-state index in [9.17, 15) is 15.2 Å². The number of halogens is 2. The third kappa shape index (κ3) is 3.91. The van der Waals surface area contributed by atoms with Crippen molar-refractivity contribution in [2.45, 2.75) is 0 Å². The van der Waals surface area contributed by atoms with Crippen LogP contribution in [0.5, 0.6) is 5.75 Å². The smallest absolute Gasteiger partial charge is 0.263 e. The molecule has 0 amide bonds. The summed E-state index contributed by atoms with van der Waals surface area (Å²) in [6.07, 6.45) is 1.25. The zero-order chi connectivity index (χ0) is 17.1. The van der Waals surface area contributed by atoms with Crippen LogP contribution in [0.1, 0.15) is 5.56 Å². The highest BCUT2D eigenvalue weighted by Crippen LogP contribution is 2.33. The molecule has 6 nitrogen and oxygen atoms in total. The van der Waals surface area contributed by atoms with E-state index >= 15 is 0 Å². The SMILES string of the molecule is CN(C)c1ccc(Cl)cc1N=Cc1cc(Cl)cc([N+](=O)[O-])c1[O-]. The van der Waals surface area contributed by atoms with Gasteiger partial charge in [0.05, 0.1) is 16.3 Å². The first kappa shape index (κ1) is 17.1. The van der Waals surface area contributed by atoms with E-state index in [0.29, 0.717) is 10.7 Å². The van der Waals surface area contributed by atoms with Gasteiger partial charge in [0.2, 0.25) is 0 Å². The maximum Gasteiger partial charge on any atom is 0.263 e.